The topological polar surface area (TPSA) is 135 Å². The second-order valence-electron chi connectivity index (χ2n) is 15.9. The molecule has 0 amide bonds. The summed E-state index contributed by atoms with van der Waals surface area (Å²) in [5, 5.41) is 18.3. The van der Waals surface area contributed by atoms with Gasteiger partial charge >= 0.3 is 0 Å². The lowest BCUT2D eigenvalue weighted by atomic mass is 9.89. The molecule has 308 valence electrons. The number of imidazole rings is 2. The highest BCUT2D eigenvalue weighted by molar-refractivity contribution is 9.10. The van der Waals surface area contributed by atoms with E-state index in [2.05, 4.69) is 58.4 Å². The molecule has 0 radical (unpaired) electrons. The van der Waals surface area contributed by atoms with Crippen molar-refractivity contribution >= 4 is 27.8 Å². The van der Waals surface area contributed by atoms with Crippen LogP contribution in [0.25, 0.3) is 34.4 Å². The molecule has 0 unspecified atom stereocenters. The number of aromatic nitrogens is 8. The molecule has 9 rings (SSSR count). The second-order valence-corrected chi connectivity index (χ2v) is 16.7. The van der Waals surface area contributed by atoms with E-state index < -0.39 is 5.60 Å². The van der Waals surface area contributed by atoms with Crippen LogP contribution in [0.1, 0.15) is 82.7 Å². The standard InChI is InChI=1S/C25H31FN6O.C19H19BrFN5/c1-31-15-12-25(33,13-16-31)21-17-32(23(29-21)18-7-9-19(26)10-8-18)22-11-14-27-24(30-22)28-20-5-3-2-4-6-20;20-16-12-26(18(24-16)13-6-8-14(21)9-7-13)17-10-11-22-19(25-17)23-15-4-2-1-3-5-15/h7-11,14,17,20,33H,2-6,12-13,15-16H2,1H3,(H,27,28,30);6-12,15H,1-5H2,(H,22,23,25). The number of nitrogens with zero attached hydrogens (tertiary/aromatic N) is 9. The van der Waals surface area contributed by atoms with Gasteiger partial charge in [0.05, 0.1) is 5.69 Å². The van der Waals surface area contributed by atoms with Crippen molar-refractivity contribution in [1.82, 2.24) is 43.9 Å². The molecule has 12 nitrogen and oxygen atoms in total. The third-order valence-electron chi connectivity index (χ3n) is 11.5. The van der Waals surface area contributed by atoms with Crippen LogP contribution in [-0.4, -0.2) is 81.3 Å². The minimum atomic E-state index is -0.997. The number of hydrogen-bond donors (Lipinski definition) is 3. The Morgan fingerprint density at radius 3 is 1.58 bits per heavy atom. The summed E-state index contributed by atoms with van der Waals surface area (Å²) in [6, 6.07) is 17.0. The Morgan fingerprint density at radius 2 is 1.08 bits per heavy atom. The van der Waals surface area contributed by atoms with Crippen LogP contribution >= 0.6 is 15.9 Å². The van der Waals surface area contributed by atoms with Crippen LogP contribution in [0.2, 0.25) is 0 Å². The van der Waals surface area contributed by atoms with Gasteiger partial charge in [0.2, 0.25) is 11.9 Å². The van der Waals surface area contributed by atoms with E-state index >= 15 is 0 Å². The smallest absolute Gasteiger partial charge is 0.224 e. The molecular weight excluding hydrogens is 816 g/mol. The lowest BCUT2D eigenvalue weighted by Gasteiger charge is -2.35. The Labute approximate surface area is 351 Å². The first-order valence-corrected chi connectivity index (χ1v) is 21.5. The number of benzene rings is 2. The number of likely N-dealkylation sites (tertiary alicyclic amines) is 1. The summed E-state index contributed by atoms with van der Waals surface area (Å²) in [5.41, 5.74) is 1.20. The van der Waals surface area contributed by atoms with Crippen LogP contribution in [0.15, 0.2) is 90.1 Å². The lowest BCUT2D eigenvalue weighted by molar-refractivity contribution is -0.0235. The van der Waals surface area contributed by atoms with Crippen LogP contribution in [0, 0.1) is 11.6 Å². The molecule has 5 heterocycles. The van der Waals surface area contributed by atoms with Crippen molar-refractivity contribution in [2.45, 2.75) is 94.7 Å². The lowest BCUT2D eigenvalue weighted by Crippen LogP contribution is -2.40. The Kier molecular flexibility index (Phi) is 12.7. The highest BCUT2D eigenvalue weighted by atomic mass is 79.9. The minimum absolute atomic E-state index is 0.271. The van der Waals surface area contributed by atoms with E-state index in [0.717, 1.165) is 55.7 Å². The Hall–Kier alpha value is -5.12. The van der Waals surface area contributed by atoms with Crippen molar-refractivity contribution in [2.24, 2.45) is 0 Å². The first-order chi connectivity index (χ1) is 28.7. The van der Waals surface area contributed by atoms with Gasteiger partial charge in [0, 0.05) is 61.1 Å². The van der Waals surface area contributed by atoms with Crippen molar-refractivity contribution in [3.63, 3.8) is 0 Å². The predicted molar refractivity (Wildman–Crippen MR) is 228 cm³/mol. The average molecular weight is 867 g/mol. The van der Waals surface area contributed by atoms with E-state index in [-0.39, 0.29) is 11.6 Å². The SMILES string of the molecule is CN1CCC(O)(c2cn(-c3ccnc(NC4CCCCC4)n3)c(-c3ccc(F)cc3)n2)CC1.Fc1ccc(-c2nc(Br)cn2-c2ccnc(NC3CCCCC3)n2)cc1. The van der Waals surface area contributed by atoms with Gasteiger partial charge in [0.15, 0.2) is 0 Å². The largest absolute Gasteiger partial charge is 0.383 e. The second kappa shape index (κ2) is 18.4. The summed E-state index contributed by atoms with van der Waals surface area (Å²) in [5.74, 6) is 3.36. The van der Waals surface area contributed by atoms with E-state index in [1.807, 2.05) is 33.7 Å². The third kappa shape index (κ3) is 10.0. The first kappa shape index (κ1) is 40.7. The zero-order valence-corrected chi connectivity index (χ0v) is 34.8. The molecule has 0 spiro atoms. The number of nitrogens with one attached hydrogen (secondary N) is 2. The molecule has 0 bridgehead atoms. The van der Waals surface area contributed by atoms with Crippen molar-refractivity contribution in [1.29, 1.82) is 0 Å². The minimum Gasteiger partial charge on any atom is -0.383 e. The van der Waals surface area contributed by atoms with Crippen LogP contribution < -0.4 is 10.6 Å². The monoisotopic (exact) mass is 865 g/mol. The molecule has 2 aromatic carbocycles. The molecule has 3 N–H and O–H groups in total. The highest BCUT2D eigenvalue weighted by Crippen LogP contribution is 2.35. The number of anilines is 2. The summed E-state index contributed by atoms with van der Waals surface area (Å²) < 4.78 is 31.3. The van der Waals surface area contributed by atoms with E-state index in [1.165, 1.54) is 62.8 Å². The molecule has 15 heteroatoms. The van der Waals surface area contributed by atoms with E-state index in [1.54, 1.807) is 36.7 Å². The van der Waals surface area contributed by atoms with Crippen molar-refractivity contribution < 1.29 is 13.9 Å². The molecule has 4 aromatic heterocycles. The molecule has 1 aliphatic heterocycles. The van der Waals surface area contributed by atoms with Gasteiger partial charge in [-0.1, -0.05) is 38.5 Å². The number of hydrogen-bond acceptors (Lipinski definition) is 10. The zero-order valence-electron chi connectivity index (χ0n) is 33.2. The molecule has 2 aliphatic carbocycles. The van der Waals surface area contributed by atoms with Crippen molar-refractivity contribution in [2.75, 3.05) is 30.8 Å². The third-order valence-corrected chi connectivity index (χ3v) is 11.9. The van der Waals surface area contributed by atoms with Crippen LogP contribution in [0.5, 0.6) is 0 Å². The number of aliphatic hydroxyl groups is 1. The highest BCUT2D eigenvalue weighted by Gasteiger charge is 2.36. The van der Waals surface area contributed by atoms with E-state index in [9.17, 15) is 13.9 Å². The fourth-order valence-electron chi connectivity index (χ4n) is 8.12. The Balaban J connectivity index is 0.000000169. The van der Waals surface area contributed by atoms with Gasteiger partial charge in [-0.15, -0.1) is 0 Å². The molecule has 1 saturated heterocycles. The van der Waals surface area contributed by atoms with Gasteiger partial charge in [0.1, 0.15) is 45.1 Å². The molecule has 3 fully saturated rings. The summed E-state index contributed by atoms with van der Waals surface area (Å²) in [6.45, 7) is 1.61. The maximum Gasteiger partial charge on any atom is 0.224 e. The van der Waals surface area contributed by atoms with Gasteiger partial charge < -0.3 is 20.6 Å². The van der Waals surface area contributed by atoms with Crippen molar-refractivity contribution in [3.8, 4) is 34.4 Å². The maximum atomic E-state index is 13.6. The first-order valence-electron chi connectivity index (χ1n) is 20.7. The van der Waals surface area contributed by atoms with E-state index in [0.29, 0.717) is 64.6 Å². The average Bonchev–Trinajstić information content (AvgIpc) is 3.89. The Bertz CT molecular complexity index is 2300. The van der Waals surface area contributed by atoms with Crippen molar-refractivity contribution in [3.05, 3.63) is 107 Å². The van der Waals surface area contributed by atoms with Gasteiger partial charge in [-0.05, 0) is 122 Å². The summed E-state index contributed by atoms with van der Waals surface area (Å²) in [6.07, 6.45) is 20.6. The number of piperidine rings is 1. The van der Waals surface area contributed by atoms with Gasteiger partial charge in [-0.3, -0.25) is 9.13 Å². The fourth-order valence-corrected chi connectivity index (χ4v) is 8.49. The van der Waals surface area contributed by atoms with Crippen LogP contribution in [0.3, 0.4) is 0 Å². The Morgan fingerprint density at radius 1 is 0.627 bits per heavy atom. The molecule has 6 aromatic rings. The summed E-state index contributed by atoms with van der Waals surface area (Å²) in [4.78, 5) is 29.8. The zero-order chi connectivity index (χ0) is 40.8. The molecule has 2 saturated carbocycles. The predicted octanol–water partition coefficient (Wildman–Crippen LogP) is 9.10. The molecule has 59 heavy (non-hydrogen) atoms. The van der Waals surface area contributed by atoms with Crippen LogP contribution in [0.4, 0.5) is 20.7 Å². The summed E-state index contributed by atoms with van der Waals surface area (Å²) in [7, 11) is 2.06. The number of halogens is 3. The van der Waals surface area contributed by atoms with Gasteiger partial charge in [-0.2, -0.15) is 9.97 Å². The summed E-state index contributed by atoms with van der Waals surface area (Å²) >= 11 is 3.43. The van der Waals surface area contributed by atoms with Crippen LogP contribution in [-0.2, 0) is 5.60 Å². The maximum absolute atomic E-state index is 13.6. The molecule has 3 aliphatic rings. The van der Waals surface area contributed by atoms with E-state index in [4.69, 9.17) is 9.97 Å². The normalized spacial score (nSPS) is 17.6. The quantitative estimate of drug-likeness (QED) is 0.129. The molecule has 0 atom stereocenters. The number of rotatable bonds is 9. The fraction of sp³-hybridized carbons (Fsp3) is 0.409. The van der Waals surface area contributed by atoms with Gasteiger partial charge in [-0.25, -0.2) is 28.7 Å². The van der Waals surface area contributed by atoms with Gasteiger partial charge in [0.25, 0.3) is 0 Å². The molecular formula is C44H50BrF2N11O.